The van der Waals surface area contributed by atoms with E-state index in [9.17, 15) is 4.39 Å². The van der Waals surface area contributed by atoms with Gasteiger partial charge < -0.3 is 4.98 Å². The van der Waals surface area contributed by atoms with Gasteiger partial charge in [0.05, 0.1) is 8.95 Å². The van der Waals surface area contributed by atoms with E-state index in [2.05, 4.69) is 55.7 Å². The molecule has 1 N–H and O–H groups in total. The van der Waals surface area contributed by atoms with Crippen LogP contribution in [0.15, 0.2) is 27.1 Å². The van der Waals surface area contributed by atoms with Crippen LogP contribution in [0.25, 0.3) is 11.4 Å². The Balaban J connectivity index is 2.54. The van der Waals surface area contributed by atoms with Crippen molar-refractivity contribution >= 4 is 44.1 Å². The second-order valence-corrected chi connectivity index (χ2v) is 6.94. The molecule has 0 saturated heterocycles. The van der Waals surface area contributed by atoms with Gasteiger partial charge in [-0.15, -0.1) is 0 Å². The Morgan fingerprint density at radius 1 is 1.35 bits per heavy atom. The number of halogens is 3. The van der Waals surface area contributed by atoms with E-state index in [0.29, 0.717) is 20.9 Å². The zero-order valence-electron chi connectivity index (χ0n) is 11.0. The van der Waals surface area contributed by atoms with Crippen molar-refractivity contribution in [2.45, 2.75) is 20.3 Å². The Bertz CT molecular complexity index is 698. The van der Waals surface area contributed by atoms with Gasteiger partial charge in [-0.1, -0.05) is 26.1 Å². The molecule has 0 aliphatic rings. The third kappa shape index (κ3) is 3.54. The molecular formula is C14H13Br2FN2S. The van der Waals surface area contributed by atoms with Crippen LogP contribution in [0.2, 0.25) is 0 Å². The minimum Gasteiger partial charge on any atom is -0.342 e. The van der Waals surface area contributed by atoms with Crippen LogP contribution in [0.4, 0.5) is 4.39 Å². The summed E-state index contributed by atoms with van der Waals surface area (Å²) in [5, 5.41) is 0. The highest BCUT2D eigenvalue weighted by Gasteiger charge is 2.11. The number of hydrogen-bond acceptors (Lipinski definition) is 2. The fraction of sp³-hybridized carbons (Fsp3) is 0.286. The third-order valence-corrected chi connectivity index (χ3v) is 4.76. The van der Waals surface area contributed by atoms with Crippen LogP contribution in [-0.2, 0) is 6.42 Å². The van der Waals surface area contributed by atoms with Crippen LogP contribution < -0.4 is 0 Å². The number of H-pyrrole nitrogens is 1. The van der Waals surface area contributed by atoms with E-state index in [-0.39, 0.29) is 5.82 Å². The SMILES string of the molecule is CC(C)Cc1[nH]c(-c2ccc(F)c(Br)c2)nc(=S)c1Br. The highest BCUT2D eigenvalue weighted by Crippen LogP contribution is 2.26. The molecule has 1 aromatic heterocycles. The Labute approximate surface area is 139 Å². The van der Waals surface area contributed by atoms with Crippen LogP contribution >= 0.6 is 44.1 Å². The van der Waals surface area contributed by atoms with E-state index in [4.69, 9.17) is 12.2 Å². The first-order valence-corrected chi connectivity index (χ1v) is 8.12. The minimum absolute atomic E-state index is 0.299. The van der Waals surface area contributed by atoms with Crippen molar-refractivity contribution in [3.63, 3.8) is 0 Å². The van der Waals surface area contributed by atoms with Crippen LogP contribution in [0.3, 0.4) is 0 Å². The van der Waals surface area contributed by atoms with Gasteiger partial charge in [0.15, 0.2) is 0 Å². The van der Waals surface area contributed by atoms with Crippen molar-refractivity contribution in [3.8, 4) is 11.4 Å². The lowest BCUT2D eigenvalue weighted by molar-refractivity contribution is 0.621. The molecule has 0 saturated carbocycles. The molecule has 1 aromatic carbocycles. The summed E-state index contributed by atoms with van der Waals surface area (Å²) in [5.74, 6) is 0.841. The molecule has 2 nitrogen and oxygen atoms in total. The predicted molar refractivity (Wildman–Crippen MR) is 88.8 cm³/mol. The summed E-state index contributed by atoms with van der Waals surface area (Å²) >= 11 is 11.9. The van der Waals surface area contributed by atoms with E-state index >= 15 is 0 Å². The second kappa shape index (κ2) is 6.45. The molecule has 106 valence electrons. The van der Waals surface area contributed by atoms with Gasteiger partial charge >= 0.3 is 0 Å². The quantitative estimate of drug-likeness (QED) is 0.649. The molecule has 0 unspecified atom stereocenters. The first-order valence-electron chi connectivity index (χ1n) is 6.12. The molecule has 0 aliphatic carbocycles. The normalized spacial score (nSPS) is 11.1. The van der Waals surface area contributed by atoms with Gasteiger partial charge in [-0.05, 0) is 62.4 Å². The van der Waals surface area contributed by atoms with Crippen molar-refractivity contribution in [1.82, 2.24) is 9.97 Å². The van der Waals surface area contributed by atoms with Gasteiger partial charge in [0, 0.05) is 11.3 Å². The highest BCUT2D eigenvalue weighted by molar-refractivity contribution is 9.10. The number of nitrogens with zero attached hydrogens (tertiary/aromatic N) is 1. The predicted octanol–water partition coefficient (Wildman–Crippen LogP) is 5.67. The minimum atomic E-state index is -0.299. The number of hydrogen-bond donors (Lipinski definition) is 1. The highest BCUT2D eigenvalue weighted by atomic mass is 79.9. The van der Waals surface area contributed by atoms with Crippen molar-refractivity contribution in [2.24, 2.45) is 5.92 Å². The average molecular weight is 420 g/mol. The maximum atomic E-state index is 13.3. The molecule has 0 atom stereocenters. The van der Waals surface area contributed by atoms with Gasteiger partial charge in [0.1, 0.15) is 16.3 Å². The van der Waals surface area contributed by atoms with Crippen molar-refractivity contribution in [1.29, 1.82) is 0 Å². The molecule has 1 heterocycles. The molecular weight excluding hydrogens is 407 g/mol. The Morgan fingerprint density at radius 2 is 2.05 bits per heavy atom. The Kier molecular flexibility index (Phi) is 5.09. The van der Waals surface area contributed by atoms with E-state index in [1.54, 1.807) is 12.1 Å². The second-order valence-electron chi connectivity index (χ2n) is 4.91. The molecule has 0 spiro atoms. The van der Waals surface area contributed by atoms with Crippen molar-refractivity contribution < 1.29 is 4.39 Å². The number of nitrogens with one attached hydrogen (secondary N) is 1. The molecule has 0 fully saturated rings. The number of benzene rings is 1. The van der Waals surface area contributed by atoms with Gasteiger partial charge in [-0.2, -0.15) is 0 Å². The average Bonchev–Trinajstić information content (AvgIpc) is 2.37. The lowest BCUT2D eigenvalue weighted by Gasteiger charge is -2.11. The third-order valence-electron chi connectivity index (χ3n) is 2.74. The standard InChI is InChI=1S/C14H13Br2FN2S/c1-7(2)5-11-12(16)14(20)19-13(18-11)8-3-4-10(17)9(15)6-8/h3-4,6-7H,5H2,1-2H3,(H,18,19,20). The van der Waals surface area contributed by atoms with Crippen LogP contribution in [0.5, 0.6) is 0 Å². The summed E-state index contributed by atoms with van der Waals surface area (Å²) in [7, 11) is 0. The summed E-state index contributed by atoms with van der Waals surface area (Å²) in [6.07, 6.45) is 0.863. The number of rotatable bonds is 3. The largest absolute Gasteiger partial charge is 0.342 e. The van der Waals surface area contributed by atoms with Gasteiger partial charge in [-0.25, -0.2) is 9.37 Å². The van der Waals surface area contributed by atoms with E-state index < -0.39 is 0 Å². The fourth-order valence-electron chi connectivity index (χ4n) is 1.83. The number of aromatic amines is 1. The first kappa shape index (κ1) is 15.8. The summed E-state index contributed by atoms with van der Waals surface area (Å²) < 4.78 is 15.0. The summed E-state index contributed by atoms with van der Waals surface area (Å²) in [6.45, 7) is 4.27. The smallest absolute Gasteiger partial charge is 0.144 e. The maximum absolute atomic E-state index is 13.3. The lowest BCUT2D eigenvalue weighted by atomic mass is 10.1. The Morgan fingerprint density at radius 3 is 2.65 bits per heavy atom. The molecule has 0 amide bonds. The van der Waals surface area contributed by atoms with Gasteiger partial charge in [0.2, 0.25) is 0 Å². The first-order chi connectivity index (χ1) is 9.38. The number of aromatic nitrogens is 2. The molecule has 6 heteroatoms. The monoisotopic (exact) mass is 418 g/mol. The molecule has 20 heavy (non-hydrogen) atoms. The zero-order valence-corrected chi connectivity index (χ0v) is 15.0. The fourth-order valence-corrected chi connectivity index (χ4v) is 2.78. The molecule has 0 aliphatic heterocycles. The summed E-state index contributed by atoms with van der Waals surface area (Å²) in [6, 6.07) is 4.78. The summed E-state index contributed by atoms with van der Waals surface area (Å²) in [4.78, 5) is 7.63. The topological polar surface area (TPSA) is 28.7 Å². The lowest BCUT2D eigenvalue weighted by Crippen LogP contribution is -2.02. The van der Waals surface area contributed by atoms with E-state index in [0.717, 1.165) is 22.2 Å². The van der Waals surface area contributed by atoms with Crippen molar-refractivity contribution in [3.05, 3.63) is 43.3 Å². The van der Waals surface area contributed by atoms with Crippen LogP contribution in [0.1, 0.15) is 19.5 Å². The van der Waals surface area contributed by atoms with E-state index in [1.807, 2.05) is 0 Å². The molecule has 2 aromatic rings. The molecule has 2 rings (SSSR count). The maximum Gasteiger partial charge on any atom is 0.144 e. The van der Waals surface area contributed by atoms with Crippen LogP contribution in [0, 0.1) is 16.4 Å². The van der Waals surface area contributed by atoms with Crippen molar-refractivity contribution in [2.75, 3.05) is 0 Å². The zero-order chi connectivity index (χ0) is 14.9. The Hall–Kier alpha value is -0.590. The molecule has 0 bridgehead atoms. The van der Waals surface area contributed by atoms with E-state index in [1.165, 1.54) is 6.07 Å². The molecule has 0 radical (unpaired) electrons. The van der Waals surface area contributed by atoms with Crippen LogP contribution in [-0.4, -0.2) is 9.97 Å². The van der Waals surface area contributed by atoms with Gasteiger partial charge in [-0.3, -0.25) is 0 Å². The van der Waals surface area contributed by atoms with Gasteiger partial charge in [0.25, 0.3) is 0 Å². The summed E-state index contributed by atoms with van der Waals surface area (Å²) in [5.41, 5.74) is 1.80.